The minimum atomic E-state index is -0.303. The summed E-state index contributed by atoms with van der Waals surface area (Å²) in [4.78, 5) is 11.8. The van der Waals surface area contributed by atoms with E-state index in [0.29, 0.717) is 6.61 Å². The van der Waals surface area contributed by atoms with Gasteiger partial charge in [0.25, 0.3) is 0 Å². The third-order valence-electron chi connectivity index (χ3n) is 2.83. The highest BCUT2D eigenvalue weighted by atomic mass is 19.1. The van der Waals surface area contributed by atoms with E-state index in [0.717, 1.165) is 16.8 Å². The molecule has 0 spiro atoms. The Kier molecular flexibility index (Phi) is 4.85. The standard InChI is InChI=1S/C16H16FNO2/c1-20-11-13-4-8-15(9-5-13)18-16(19)10-12-2-6-14(17)7-3-12/h2-9H,10-11H2,1H3,(H,18,19). The summed E-state index contributed by atoms with van der Waals surface area (Å²) in [7, 11) is 1.64. The van der Waals surface area contributed by atoms with Gasteiger partial charge in [-0.25, -0.2) is 4.39 Å². The summed E-state index contributed by atoms with van der Waals surface area (Å²) in [5.74, 6) is -0.431. The zero-order chi connectivity index (χ0) is 14.4. The number of nitrogens with one attached hydrogen (secondary N) is 1. The number of benzene rings is 2. The van der Waals surface area contributed by atoms with Gasteiger partial charge in [-0.2, -0.15) is 0 Å². The van der Waals surface area contributed by atoms with E-state index >= 15 is 0 Å². The second-order valence-electron chi connectivity index (χ2n) is 4.48. The van der Waals surface area contributed by atoms with Crippen molar-refractivity contribution >= 4 is 11.6 Å². The smallest absolute Gasteiger partial charge is 0.228 e. The lowest BCUT2D eigenvalue weighted by molar-refractivity contribution is -0.115. The van der Waals surface area contributed by atoms with E-state index in [1.807, 2.05) is 24.3 Å². The van der Waals surface area contributed by atoms with Crippen LogP contribution in [0.15, 0.2) is 48.5 Å². The number of anilines is 1. The van der Waals surface area contributed by atoms with Gasteiger partial charge in [-0.3, -0.25) is 4.79 Å². The summed E-state index contributed by atoms with van der Waals surface area (Å²) in [6.45, 7) is 0.545. The number of halogens is 1. The Bertz CT molecular complexity index is 564. The molecule has 104 valence electrons. The molecule has 2 rings (SSSR count). The van der Waals surface area contributed by atoms with Crippen LogP contribution < -0.4 is 5.32 Å². The summed E-state index contributed by atoms with van der Waals surface area (Å²) in [6, 6.07) is 13.4. The molecule has 0 saturated heterocycles. The van der Waals surface area contributed by atoms with Gasteiger partial charge in [-0.1, -0.05) is 24.3 Å². The Morgan fingerprint density at radius 2 is 1.65 bits per heavy atom. The second-order valence-corrected chi connectivity index (χ2v) is 4.48. The van der Waals surface area contributed by atoms with Crippen LogP contribution in [0.4, 0.5) is 10.1 Å². The third-order valence-corrected chi connectivity index (χ3v) is 2.83. The van der Waals surface area contributed by atoms with Crippen LogP contribution in [-0.4, -0.2) is 13.0 Å². The number of carbonyl (C=O) groups is 1. The average Bonchev–Trinajstić information content (AvgIpc) is 2.44. The lowest BCUT2D eigenvalue weighted by Crippen LogP contribution is -2.14. The van der Waals surface area contributed by atoms with Gasteiger partial charge in [-0.15, -0.1) is 0 Å². The van der Waals surface area contributed by atoms with Crippen LogP contribution in [0.5, 0.6) is 0 Å². The molecule has 0 fully saturated rings. The number of hydrogen-bond acceptors (Lipinski definition) is 2. The van der Waals surface area contributed by atoms with Gasteiger partial charge < -0.3 is 10.1 Å². The molecular formula is C16H16FNO2. The van der Waals surface area contributed by atoms with Gasteiger partial charge in [0.1, 0.15) is 5.82 Å². The molecule has 0 radical (unpaired) electrons. The molecule has 0 unspecified atom stereocenters. The first-order valence-electron chi connectivity index (χ1n) is 6.29. The fourth-order valence-electron chi connectivity index (χ4n) is 1.84. The van der Waals surface area contributed by atoms with E-state index in [2.05, 4.69) is 5.32 Å². The molecule has 0 bridgehead atoms. The number of methoxy groups -OCH3 is 1. The van der Waals surface area contributed by atoms with Crippen molar-refractivity contribution < 1.29 is 13.9 Å². The van der Waals surface area contributed by atoms with Crippen LogP contribution in [0.1, 0.15) is 11.1 Å². The van der Waals surface area contributed by atoms with Crippen molar-refractivity contribution in [2.24, 2.45) is 0 Å². The fraction of sp³-hybridized carbons (Fsp3) is 0.188. The third kappa shape index (κ3) is 4.17. The molecule has 0 aliphatic rings. The Morgan fingerprint density at radius 1 is 1.05 bits per heavy atom. The van der Waals surface area contributed by atoms with Crippen LogP contribution in [-0.2, 0) is 22.6 Å². The molecule has 0 aromatic heterocycles. The van der Waals surface area contributed by atoms with Crippen LogP contribution in [0.25, 0.3) is 0 Å². The Labute approximate surface area is 117 Å². The maximum Gasteiger partial charge on any atom is 0.228 e. The van der Waals surface area contributed by atoms with Crippen molar-refractivity contribution in [2.45, 2.75) is 13.0 Å². The maximum absolute atomic E-state index is 12.8. The van der Waals surface area contributed by atoms with Crippen molar-refractivity contribution in [3.63, 3.8) is 0 Å². The molecule has 0 heterocycles. The van der Waals surface area contributed by atoms with E-state index in [9.17, 15) is 9.18 Å². The van der Waals surface area contributed by atoms with Crippen molar-refractivity contribution in [3.8, 4) is 0 Å². The number of carbonyl (C=O) groups excluding carboxylic acids is 1. The minimum Gasteiger partial charge on any atom is -0.380 e. The van der Waals surface area contributed by atoms with Crippen LogP contribution in [0.3, 0.4) is 0 Å². The predicted octanol–water partition coefficient (Wildman–Crippen LogP) is 3.15. The molecule has 0 atom stereocenters. The molecule has 1 N–H and O–H groups in total. The van der Waals surface area contributed by atoms with Gasteiger partial charge in [-0.05, 0) is 35.4 Å². The van der Waals surface area contributed by atoms with E-state index in [1.54, 1.807) is 19.2 Å². The topological polar surface area (TPSA) is 38.3 Å². The number of amides is 1. The fourth-order valence-corrected chi connectivity index (χ4v) is 1.84. The van der Waals surface area contributed by atoms with E-state index in [-0.39, 0.29) is 18.1 Å². The van der Waals surface area contributed by atoms with Gasteiger partial charge in [0.2, 0.25) is 5.91 Å². The molecular weight excluding hydrogens is 257 g/mol. The quantitative estimate of drug-likeness (QED) is 0.908. The summed E-state index contributed by atoms with van der Waals surface area (Å²) < 4.78 is 17.8. The highest BCUT2D eigenvalue weighted by Gasteiger charge is 2.04. The first-order chi connectivity index (χ1) is 9.67. The van der Waals surface area contributed by atoms with E-state index in [4.69, 9.17) is 4.74 Å². The van der Waals surface area contributed by atoms with Crippen molar-refractivity contribution in [3.05, 3.63) is 65.5 Å². The van der Waals surface area contributed by atoms with Crippen LogP contribution in [0.2, 0.25) is 0 Å². The zero-order valence-corrected chi connectivity index (χ0v) is 11.2. The monoisotopic (exact) mass is 273 g/mol. The zero-order valence-electron chi connectivity index (χ0n) is 11.2. The highest BCUT2D eigenvalue weighted by molar-refractivity contribution is 5.92. The van der Waals surface area contributed by atoms with Crippen LogP contribution >= 0.6 is 0 Å². The van der Waals surface area contributed by atoms with Crippen molar-refractivity contribution in [1.29, 1.82) is 0 Å². The average molecular weight is 273 g/mol. The van der Waals surface area contributed by atoms with Gasteiger partial charge in [0, 0.05) is 12.8 Å². The number of ether oxygens (including phenoxy) is 1. The summed E-state index contributed by atoms with van der Waals surface area (Å²) in [5.41, 5.74) is 2.56. The molecule has 2 aromatic carbocycles. The molecule has 0 aliphatic carbocycles. The Morgan fingerprint density at radius 3 is 2.25 bits per heavy atom. The van der Waals surface area contributed by atoms with Crippen molar-refractivity contribution in [1.82, 2.24) is 0 Å². The first kappa shape index (κ1) is 14.2. The normalized spacial score (nSPS) is 10.3. The van der Waals surface area contributed by atoms with Gasteiger partial charge in [0.05, 0.1) is 13.0 Å². The summed E-state index contributed by atoms with van der Waals surface area (Å²) in [6.07, 6.45) is 0.222. The lowest BCUT2D eigenvalue weighted by atomic mass is 10.1. The number of rotatable bonds is 5. The second kappa shape index (κ2) is 6.82. The molecule has 4 heteroatoms. The molecule has 0 aliphatic heterocycles. The van der Waals surface area contributed by atoms with Crippen molar-refractivity contribution in [2.75, 3.05) is 12.4 Å². The molecule has 0 saturated carbocycles. The molecule has 1 amide bonds. The Balaban J connectivity index is 1.92. The maximum atomic E-state index is 12.8. The molecule has 20 heavy (non-hydrogen) atoms. The lowest BCUT2D eigenvalue weighted by Gasteiger charge is -2.06. The molecule has 2 aromatic rings. The predicted molar refractivity (Wildman–Crippen MR) is 75.9 cm³/mol. The Hall–Kier alpha value is -2.20. The highest BCUT2D eigenvalue weighted by Crippen LogP contribution is 2.11. The van der Waals surface area contributed by atoms with Crippen LogP contribution in [0, 0.1) is 5.82 Å². The summed E-state index contributed by atoms with van der Waals surface area (Å²) >= 11 is 0. The van der Waals surface area contributed by atoms with E-state index in [1.165, 1.54) is 12.1 Å². The molecule has 3 nitrogen and oxygen atoms in total. The van der Waals surface area contributed by atoms with E-state index < -0.39 is 0 Å². The van der Waals surface area contributed by atoms with Gasteiger partial charge in [0.15, 0.2) is 0 Å². The SMILES string of the molecule is COCc1ccc(NC(=O)Cc2ccc(F)cc2)cc1. The van der Waals surface area contributed by atoms with Gasteiger partial charge >= 0.3 is 0 Å². The first-order valence-corrected chi connectivity index (χ1v) is 6.29. The number of hydrogen-bond donors (Lipinski definition) is 1. The largest absolute Gasteiger partial charge is 0.380 e. The summed E-state index contributed by atoms with van der Waals surface area (Å²) in [5, 5.41) is 2.80. The minimum absolute atomic E-state index is 0.129.